The topological polar surface area (TPSA) is 88.2 Å². The highest BCUT2D eigenvalue weighted by molar-refractivity contribution is 7.91. The molecule has 8 nitrogen and oxygen atoms in total. The summed E-state index contributed by atoms with van der Waals surface area (Å²) in [5.74, 6) is 1.53. The number of ether oxygens (including phenoxy) is 2. The second kappa shape index (κ2) is 9.58. The summed E-state index contributed by atoms with van der Waals surface area (Å²) in [6, 6.07) is 11.5. The smallest absolute Gasteiger partial charge is 0.321 e. The molecule has 0 saturated carbocycles. The predicted molar refractivity (Wildman–Crippen MR) is 133 cm³/mol. The van der Waals surface area contributed by atoms with Crippen molar-refractivity contribution in [2.45, 2.75) is 25.8 Å². The Labute approximate surface area is 201 Å². The van der Waals surface area contributed by atoms with Gasteiger partial charge in [-0.3, -0.25) is 4.90 Å². The van der Waals surface area contributed by atoms with Gasteiger partial charge in [-0.1, -0.05) is 12.1 Å². The van der Waals surface area contributed by atoms with Gasteiger partial charge in [0.15, 0.2) is 21.3 Å². The highest BCUT2D eigenvalue weighted by Crippen LogP contribution is 2.39. The molecule has 0 bridgehead atoms. The van der Waals surface area contributed by atoms with Gasteiger partial charge in [0, 0.05) is 37.1 Å². The van der Waals surface area contributed by atoms with Crippen molar-refractivity contribution in [3.63, 3.8) is 0 Å². The van der Waals surface area contributed by atoms with Gasteiger partial charge in [-0.05, 0) is 60.7 Å². The Morgan fingerprint density at radius 3 is 2.38 bits per heavy atom. The molecule has 4 rings (SSSR count). The fourth-order valence-electron chi connectivity index (χ4n) is 4.61. The second-order valence-corrected chi connectivity index (χ2v) is 10.8. The summed E-state index contributed by atoms with van der Waals surface area (Å²) in [6.07, 6.45) is 3.15. The van der Waals surface area contributed by atoms with Crippen LogP contribution < -0.4 is 19.7 Å². The van der Waals surface area contributed by atoms with Gasteiger partial charge in [-0.25, -0.2) is 13.2 Å². The monoisotopic (exact) mass is 485 g/mol. The Hall–Kier alpha value is -3.20. The molecular weight excluding hydrogens is 454 g/mol. The first-order chi connectivity index (χ1) is 16.3. The van der Waals surface area contributed by atoms with E-state index in [9.17, 15) is 13.2 Å². The van der Waals surface area contributed by atoms with Gasteiger partial charge >= 0.3 is 6.03 Å². The first-order valence-electron chi connectivity index (χ1n) is 11.3. The minimum absolute atomic E-state index is 0.0385. The molecule has 2 aromatic rings. The van der Waals surface area contributed by atoms with E-state index in [-0.39, 0.29) is 23.7 Å². The zero-order chi connectivity index (χ0) is 24.5. The van der Waals surface area contributed by atoms with Crippen LogP contribution in [0.25, 0.3) is 5.57 Å². The molecule has 1 fully saturated rings. The first kappa shape index (κ1) is 23.9. The van der Waals surface area contributed by atoms with Gasteiger partial charge in [0.2, 0.25) is 0 Å². The maximum absolute atomic E-state index is 12.7. The number of rotatable bonds is 4. The summed E-state index contributed by atoms with van der Waals surface area (Å²) >= 11 is 0. The van der Waals surface area contributed by atoms with Crippen LogP contribution >= 0.6 is 0 Å². The molecule has 1 unspecified atom stereocenters. The summed E-state index contributed by atoms with van der Waals surface area (Å²) < 4.78 is 35.2. The normalized spacial score (nSPS) is 19.5. The van der Waals surface area contributed by atoms with Crippen molar-refractivity contribution in [2.24, 2.45) is 0 Å². The van der Waals surface area contributed by atoms with E-state index in [4.69, 9.17) is 9.47 Å². The third kappa shape index (κ3) is 4.70. The van der Waals surface area contributed by atoms with Crippen molar-refractivity contribution in [3.05, 3.63) is 59.3 Å². The molecule has 1 atom stereocenters. The third-order valence-electron chi connectivity index (χ3n) is 6.39. The number of fused-ring (bicyclic) bond motifs is 1. The number of nitrogens with one attached hydrogen (secondary N) is 1. The molecule has 0 aliphatic carbocycles. The average Bonchev–Trinajstić information content (AvgIpc) is 2.97. The van der Waals surface area contributed by atoms with Crippen molar-refractivity contribution in [3.8, 4) is 11.5 Å². The highest BCUT2D eigenvalue weighted by atomic mass is 32.2. The van der Waals surface area contributed by atoms with E-state index < -0.39 is 9.84 Å². The summed E-state index contributed by atoms with van der Waals surface area (Å²) in [5, 5.41) is 2.73. The zero-order valence-corrected chi connectivity index (χ0v) is 20.8. The van der Waals surface area contributed by atoms with Crippen LogP contribution in [-0.4, -0.2) is 64.8 Å². The fraction of sp³-hybridized carbons (Fsp3) is 0.400. The molecule has 34 heavy (non-hydrogen) atoms. The quantitative estimate of drug-likeness (QED) is 0.715. The van der Waals surface area contributed by atoms with Crippen LogP contribution in [0, 0.1) is 0 Å². The molecule has 1 N–H and O–H groups in total. The third-order valence-corrected chi connectivity index (χ3v) is 8.00. The number of nitrogens with zero attached hydrogens (tertiary/aromatic N) is 2. The Balaban J connectivity index is 1.79. The highest BCUT2D eigenvalue weighted by Gasteiger charge is 2.27. The lowest BCUT2D eigenvalue weighted by Gasteiger charge is -2.28. The van der Waals surface area contributed by atoms with Crippen molar-refractivity contribution in [1.82, 2.24) is 10.2 Å². The SMILES string of the molecule is CNC(=O)N1C=C(c2ccc(N3CCCS(=O)(=O)C3)cc2)c2cc(OC)c(OC)cc2CC1C. The summed E-state index contributed by atoms with van der Waals surface area (Å²) in [7, 11) is 1.77. The largest absolute Gasteiger partial charge is 0.493 e. The zero-order valence-electron chi connectivity index (χ0n) is 20.0. The molecule has 2 aliphatic heterocycles. The summed E-state index contributed by atoms with van der Waals surface area (Å²) in [6.45, 7) is 2.72. The molecule has 2 amide bonds. The van der Waals surface area contributed by atoms with E-state index in [0.29, 0.717) is 30.9 Å². The number of amides is 2. The lowest BCUT2D eigenvalue weighted by molar-refractivity contribution is 0.205. The van der Waals surface area contributed by atoms with Crippen LogP contribution in [0.5, 0.6) is 11.5 Å². The van der Waals surface area contributed by atoms with E-state index in [1.807, 2.05) is 54.4 Å². The van der Waals surface area contributed by atoms with Crippen molar-refractivity contribution in [2.75, 3.05) is 44.3 Å². The van der Waals surface area contributed by atoms with E-state index in [0.717, 1.165) is 28.0 Å². The number of benzene rings is 2. The van der Waals surface area contributed by atoms with E-state index in [1.165, 1.54) is 0 Å². The van der Waals surface area contributed by atoms with Crippen LogP contribution in [0.3, 0.4) is 0 Å². The second-order valence-electron chi connectivity index (χ2n) is 8.66. The summed E-state index contributed by atoms with van der Waals surface area (Å²) in [5.41, 5.74) is 4.67. The first-order valence-corrected chi connectivity index (χ1v) is 13.1. The van der Waals surface area contributed by atoms with Gasteiger partial charge in [0.1, 0.15) is 5.88 Å². The van der Waals surface area contributed by atoms with E-state index >= 15 is 0 Å². The Kier molecular flexibility index (Phi) is 6.74. The number of methoxy groups -OCH3 is 2. The van der Waals surface area contributed by atoms with Gasteiger partial charge < -0.3 is 19.7 Å². The standard InChI is InChI=1S/C25H31N3O5S/c1-17-12-19-13-23(32-3)24(33-4)14-21(19)22(15-28(17)25(29)26-2)18-6-8-20(9-7-18)27-10-5-11-34(30,31)16-27/h6-9,13-15,17H,5,10-12,16H2,1-4H3,(H,26,29). The summed E-state index contributed by atoms with van der Waals surface area (Å²) in [4.78, 5) is 16.3. The molecule has 2 heterocycles. The number of hydrogen-bond acceptors (Lipinski definition) is 6. The van der Waals surface area contributed by atoms with Gasteiger partial charge in [0.05, 0.1) is 20.0 Å². The van der Waals surface area contributed by atoms with Crippen molar-refractivity contribution < 1.29 is 22.7 Å². The molecule has 0 spiro atoms. The Morgan fingerprint density at radius 2 is 1.76 bits per heavy atom. The van der Waals surface area contributed by atoms with Crippen LogP contribution in [-0.2, 0) is 16.3 Å². The van der Waals surface area contributed by atoms with Gasteiger partial charge in [-0.15, -0.1) is 0 Å². The lowest BCUT2D eigenvalue weighted by atomic mass is 9.92. The fourth-order valence-corrected chi connectivity index (χ4v) is 6.06. The maximum Gasteiger partial charge on any atom is 0.321 e. The number of hydrogen-bond donors (Lipinski definition) is 1. The molecule has 182 valence electrons. The number of anilines is 1. The van der Waals surface area contributed by atoms with E-state index in [1.54, 1.807) is 26.2 Å². The van der Waals surface area contributed by atoms with Crippen molar-refractivity contribution >= 4 is 27.1 Å². The average molecular weight is 486 g/mol. The maximum atomic E-state index is 12.7. The van der Waals surface area contributed by atoms with Crippen LogP contribution in [0.15, 0.2) is 42.6 Å². The molecule has 2 aliphatic rings. The van der Waals surface area contributed by atoms with Crippen LogP contribution in [0.1, 0.15) is 30.0 Å². The number of urea groups is 1. The van der Waals surface area contributed by atoms with E-state index in [2.05, 4.69) is 5.32 Å². The van der Waals surface area contributed by atoms with Crippen LogP contribution in [0.2, 0.25) is 0 Å². The molecule has 0 aromatic heterocycles. The molecule has 0 radical (unpaired) electrons. The number of sulfone groups is 1. The predicted octanol–water partition coefficient (Wildman–Crippen LogP) is 3.26. The number of carbonyl (C=O) groups excluding carboxylic acids is 1. The van der Waals surface area contributed by atoms with Gasteiger partial charge in [0.25, 0.3) is 0 Å². The molecule has 9 heteroatoms. The Morgan fingerprint density at radius 1 is 1.09 bits per heavy atom. The van der Waals surface area contributed by atoms with Crippen LogP contribution in [0.4, 0.5) is 10.5 Å². The Bertz CT molecular complexity index is 1210. The molecular formula is C25H31N3O5S. The molecule has 2 aromatic carbocycles. The van der Waals surface area contributed by atoms with Crippen molar-refractivity contribution in [1.29, 1.82) is 0 Å². The van der Waals surface area contributed by atoms with Gasteiger partial charge in [-0.2, -0.15) is 0 Å². The number of carbonyl (C=O) groups is 1. The lowest BCUT2D eigenvalue weighted by Crippen LogP contribution is -2.40. The molecule has 1 saturated heterocycles. The minimum Gasteiger partial charge on any atom is -0.493 e. The minimum atomic E-state index is -3.06.